The summed E-state index contributed by atoms with van der Waals surface area (Å²) in [6, 6.07) is 88.2. The van der Waals surface area contributed by atoms with E-state index >= 15 is 0 Å². The summed E-state index contributed by atoms with van der Waals surface area (Å²) in [5, 5.41) is 2.45. The predicted molar refractivity (Wildman–Crippen MR) is 267 cm³/mol. The van der Waals surface area contributed by atoms with E-state index in [-0.39, 0.29) is 5.41 Å². The lowest BCUT2D eigenvalue weighted by atomic mass is 9.82. The molecule has 11 rings (SSSR count). The van der Waals surface area contributed by atoms with Crippen molar-refractivity contribution in [3.8, 4) is 44.5 Å². The highest BCUT2D eigenvalue weighted by Gasteiger charge is 2.36. The quantitative estimate of drug-likeness (QED) is 0.143. The Morgan fingerprint density at radius 3 is 1.38 bits per heavy atom. The molecule has 0 unspecified atom stereocenters. The second-order valence-corrected chi connectivity index (χ2v) is 16.9. The zero-order valence-electron chi connectivity index (χ0n) is 35.5. The lowest BCUT2D eigenvalue weighted by Gasteiger charge is -2.30. The van der Waals surface area contributed by atoms with Crippen LogP contribution in [0.5, 0.6) is 0 Å². The molecule has 0 bridgehead atoms. The van der Waals surface area contributed by atoms with Crippen molar-refractivity contribution in [2.24, 2.45) is 0 Å². The Balaban J connectivity index is 1.02. The van der Waals surface area contributed by atoms with Gasteiger partial charge in [0.05, 0.1) is 5.69 Å². The number of rotatable bonds is 9. The van der Waals surface area contributed by atoms with Gasteiger partial charge in [0.25, 0.3) is 0 Å². The first-order valence-corrected chi connectivity index (χ1v) is 21.8. The molecule has 0 aliphatic heterocycles. The van der Waals surface area contributed by atoms with E-state index < -0.39 is 0 Å². The second-order valence-electron chi connectivity index (χ2n) is 16.9. The van der Waals surface area contributed by atoms with Crippen LogP contribution in [0.15, 0.2) is 243 Å². The minimum atomic E-state index is -0.133. The van der Waals surface area contributed by atoms with E-state index in [1.54, 1.807) is 0 Å². The Kier molecular flexibility index (Phi) is 9.55. The van der Waals surface area contributed by atoms with Gasteiger partial charge in [0.1, 0.15) is 0 Å². The van der Waals surface area contributed by atoms with Gasteiger partial charge in [0.15, 0.2) is 0 Å². The third-order valence-electron chi connectivity index (χ3n) is 12.9. The van der Waals surface area contributed by atoms with Gasteiger partial charge >= 0.3 is 0 Å². The van der Waals surface area contributed by atoms with E-state index in [0.717, 1.165) is 34.1 Å². The fraction of sp³-hybridized carbons (Fsp3) is 0.0492. The summed E-state index contributed by atoms with van der Waals surface area (Å²) < 4.78 is 0. The molecule has 2 heteroatoms. The van der Waals surface area contributed by atoms with Crippen molar-refractivity contribution in [1.82, 2.24) is 0 Å². The van der Waals surface area contributed by atoms with E-state index in [9.17, 15) is 0 Å². The Bertz CT molecular complexity index is 3190. The third kappa shape index (κ3) is 6.77. The van der Waals surface area contributed by atoms with Crippen LogP contribution >= 0.6 is 0 Å². The zero-order valence-corrected chi connectivity index (χ0v) is 35.5. The number of nitrogens with zero attached hydrogens (tertiary/aromatic N) is 2. The van der Waals surface area contributed by atoms with Crippen molar-refractivity contribution in [2.75, 3.05) is 9.80 Å². The Labute approximate surface area is 370 Å². The van der Waals surface area contributed by atoms with Gasteiger partial charge in [-0.15, -0.1) is 0 Å². The minimum Gasteiger partial charge on any atom is -0.311 e. The summed E-state index contributed by atoms with van der Waals surface area (Å²) in [5.41, 5.74) is 19.1. The number of fused-ring (bicyclic) bond motifs is 4. The van der Waals surface area contributed by atoms with E-state index in [1.165, 1.54) is 66.4 Å². The summed E-state index contributed by atoms with van der Waals surface area (Å²) in [6.07, 6.45) is 0. The van der Waals surface area contributed by atoms with Gasteiger partial charge in [-0.2, -0.15) is 0 Å². The van der Waals surface area contributed by atoms with Crippen LogP contribution in [0.25, 0.3) is 55.3 Å². The highest BCUT2D eigenvalue weighted by Crippen LogP contribution is 2.52. The molecule has 0 fully saturated rings. The summed E-state index contributed by atoms with van der Waals surface area (Å²) in [6.45, 7) is 4.72. The molecule has 300 valence electrons. The molecule has 0 radical (unpaired) electrons. The molecular formula is C61H46N2. The van der Waals surface area contributed by atoms with E-state index in [0.29, 0.717) is 0 Å². The van der Waals surface area contributed by atoms with Crippen molar-refractivity contribution in [2.45, 2.75) is 19.3 Å². The number of para-hydroxylation sites is 2. The molecule has 10 aromatic rings. The van der Waals surface area contributed by atoms with Gasteiger partial charge in [0, 0.05) is 39.4 Å². The summed E-state index contributed by atoms with van der Waals surface area (Å²) >= 11 is 0. The predicted octanol–water partition coefficient (Wildman–Crippen LogP) is 17.1. The summed E-state index contributed by atoms with van der Waals surface area (Å²) in [7, 11) is 0. The van der Waals surface area contributed by atoms with Crippen LogP contribution in [-0.2, 0) is 5.41 Å². The monoisotopic (exact) mass is 806 g/mol. The molecule has 0 spiro atoms. The van der Waals surface area contributed by atoms with Crippen LogP contribution in [-0.4, -0.2) is 0 Å². The fourth-order valence-corrected chi connectivity index (χ4v) is 9.78. The summed E-state index contributed by atoms with van der Waals surface area (Å²) in [5.74, 6) is 0. The van der Waals surface area contributed by atoms with Gasteiger partial charge in [0.2, 0.25) is 0 Å². The zero-order chi connectivity index (χ0) is 42.3. The van der Waals surface area contributed by atoms with Crippen molar-refractivity contribution in [3.63, 3.8) is 0 Å². The summed E-state index contributed by atoms with van der Waals surface area (Å²) in [4.78, 5) is 4.77. The molecule has 0 saturated heterocycles. The molecule has 0 heterocycles. The molecule has 0 amide bonds. The van der Waals surface area contributed by atoms with Crippen LogP contribution in [0.3, 0.4) is 0 Å². The molecular weight excluding hydrogens is 761 g/mol. The van der Waals surface area contributed by atoms with Crippen LogP contribution < -0.4 is 9.80 Å². The molecule has 10 aromatic carbocycles. The largest absolute Gasteiger partial charge is 0.311 e. The highest BCUT2D eigenvalue weighted by molar-refractivity contribution is 6.05. The third-order valence-corrected chi connectivity index (χ3v) is 12.9. The average Bonchev–Trinajstić information content (AvgIpc) is 3.58. The number of hydrogen-bond donors (Lipinski definition) is 0. The van der Waals surface area contributed by atoms with E-state index in [2.05, 4.69) is 266 Å². The van der Waals surface area contributed by atoms with Crippen LogP contribution in [0.4, 0.5) is 34.1 Å². The highest BCUT2D eigenvalue weighted by atomic mass is 15.1. The topological polar surface area (TPSA) is 6.48 Å². The first kappa shape index (κ1) is 38.0. The number of hydrogen-bond acceptors (Lipinski definition) is 2. The van der Waals surface area contributed by atoms with Crippen molar-refractivity contribution < 1.29 is 0 Å². The minimum absolute atomic E-state index is 0.133. The molecule has 0 atom stereocenters. The van der Waals surface area contributed by atoms with E-state index in [4.69, 9.17) is 0 Å². The maximum absolute atomic E-state index is 2.47. The first-order valence-electron chi connectivity index (χ1n) is 21.8. The number of benzene rings is 10. The lowest BCUT2D eigenvalue weighted by molar-refractivity contribution is 0.660. The van der Waals surface area contributed by atoms with Crippen LogP contribution in [0, 0.1) is 0 Å². The van der Waals surface area contributed by atoms with Gasteiger partial charge < -0.3 is 9.80 Å². The van der Waals surface area contributed by atoms with Crippen molar-refractivity contribution in [1.29, 1.82) is 0 Å². The maximum atomic E-state index is 2.47. The standard InChI is InChI=1S/C61H46N2/c1-61(2)57-29-17-16-28-55(57)56-40-39-51(42-58(56)61)63(59-41-34-43-18-12-13-27-54(43)60(59)46-19-6-3-7-20-46)50-37-32-45(33-38-50)53-26-15-14-25-52(53)44-30-35-49(36-31-44)62(47-21-8-4-9-22-47)48-23-10-5-11-24-48/h3-42H,1-2H3. The molecule has 1 aliphatic carbocycles. The van der Waals surface area contributed by atoms with Crippen molar-refractivity contribution >= 4 is 44.9 Å². The average molecular weight is 807 g/mol. The SMILES string of the molecule is CC1(C)c2ccccc2-c2ccc(N(c3ccc(-c4ccccc4-c4ccc(N(c5ccccc5)c5ccccc5)cc4)cc3)c3ccc4ccccc4c3-c3ccccc3)cc21. The Morgan fingerprint density at radius 1 is 0.302 bits per heavy atom. The molecule has 0 saturated carbocycles. The van der Waals surface area contributed by atoms with Crippen LogP contribution in [0.1, 0.15) is 25.0 Å². The Hall–Kier alpha value is -7.94. The first-order chi connectivity index (χ1) is 31.0. The Morgan fingerprint density at radius 2 is 0.762 bits per heavy atom. The van der Waals surface area contributed by atoms with Crippen LogP contribution in [0.2, 0.25) is 0 Å². The maximum Gasteiger partial charge on any atom is 0.0546 e. The van der Waals surface area contributed by atoms with Gasteiger partial charge in [-0.05, 0) is 128 Å². The van der Waals surface area contributed by atoms with Crippen molar-refractivity contribution in [3.05, 3.63) is 254 Å². The smallest absolute Gasteiger partial charge is 0.0546 e. The lowest BCUT2D eigenvalue weighted by Crippen LogP contribution is -2.17. The van der Waals surface area contributed by atoms with Gasteiger partial charge in [-0.3, -0.25) is 0 Å². The molecule has 0 N–H and O–H groups in total. The molecule has 0 aromatic heterocycles. The molecule has 1 aliphatic rings. The van der Waals surface area contributed by atoms with E-state index in [1.807, 2.05) is 0 Å². The molecule has 63 heavy (non-hydrogen) atoms. The molecule has 2 nitrogen and oxygen atoms in total. The number of anilines is 6. The van der Waals surface area contributed by atoms with Gasteiger partial charge in [-0.1, -0.05) is 190 Å². The second kappa shape index (κ2) is 15.8. The fourth-order valence-electron chi connectivity index (χ4n) is 9.78. The normalized spacial score (nSPS) is 12.4. The van der Waals surface area contributed by atoms with Gasteiger partial charge in [-0.25, -0.2) is 0 Å².